The molecule has 9 aromatic rings. The van der Waals surface area contributed by atoms with E-state index in [9.17, 15) is 0 Å². The van der Waals surface area contributed by atoms with E-state index in [1.54, 1.807) is 0 Å². The molecule has 4 nitrogen and oxygen atoms in total. The van der Waals surface area contributed by atoms with Crippen molar-refractivity contribution >= 4 is 79.5 Å². The minimum atomic E-state index is -0.164. The Labute approximate surface area is 440 Å². The summed E-state index contributed by atoms with van der Waals surface area (Å²) in [7, 11) is 0. The normalized spacial score (nSPS) is 18.9. The Bertz CT molecular complexity index is 3750. The van der Waals surface area contributed by atoms with Crippen LogP contribution in [-0.4, -0.2) is 12.4 Å². The van der Waals surface area contributed by atoms with Crippen LogP contribution in [0.2, 0.25) is 0 Å². The van der Waals surface area contributed by atoms with Crippen LogP contribution in [0.4, 0.5) is 39.8 Å². The number of anilines is 7. The molecule has 0 radical (unpaired) electrons. The molecule has 2 atom stereocenters. The van der Waals surface area contributed by atoms with Gasteiger partial charge >= 0.3 is 6.85 Å². The van der Waals surface area contributed by atoms with Crippen LogP contribution in [0.1, 0.15) is 130 Å². The molecule has 5 heteroatoms. The molecule has 13 rings (SSSR count). The van der Waals surface area contributed by atoms with Crippen molar-refractivity contribution in [1.29, 1.82) is 0 Å². The van der Waals surface area contributed by atoms with Crippen molar-refractivity contribution < 1.29 is 4.42 Å². The molecule has 1 aromatic heterocycles. The number of hydrogen-bond donors (Lipinski definition) is 0. The van der Waals surface area contributed by atoms with Gasteiger partial charge in [-0.3, -0.25) is 0 Å². The Morgan fingerprint density at radius 1 is 0.527 bits per heavy atom. The van der Waals surface area contributed by atoms with E-state index in [4.69, 9.17) is 4.42 Å². The fourth-order valence-corrected chi connectivity index (χ4v) is 13.8. The number of aryl methyl sites for hydroxylation is 1. The monoisotopic (exact) mass is 968 g/mol. The summed E-state index contributed by atoms with van der Waals surface area (Å²) in [4.78, 5) is 8.16. The van der Waals surface area contributed by atoms with E-state index < -0.39 is 0 Å². The number of benzene rings is 8. The maximum absolute atomic E-state index is 7.26. The molecular weight excluding hydrogens is 898 g/mol. The molecule has 74 heavy (non-hydrogen) atoms. The molecule has 8 aromatic carbocycles. The van der Waals surface area contributed by atoms with Crippen LogP contribution in [0.15, 0.2) is 162 Å². The first-order valence-corrected chi connectivity index (χ1v) is 27.3. The van der Waals surface area contributed by atoms with Gasteiger partial charge in [0.15, 0.2) is 5.58 Å². The molecule has 0 saturated heterocycles. The zero-order valence-corrected chi connectivity index (χ0v) is 45.7. The number of fused-ring (bicyclic) bond motifs is 11. The highest BCUT2D eigenvalue weighted by Crippen LogP contribution is 2.63. The van der Waals surface area contributed by atoms with E-state index in [0.717, 1.165) is 57.5 Å². The Hall–Kier alpha value is -6.98. The summed E-state index contributed by atoms with van der Waals surface area (Å²) >= 11 is 0. The lowest BCUT2D eigenvalue weighted by atomic mass is 9.43. The molecular formula is C69H70BN3O. The standard InChI is InChI=1S/C69H70BN3O/c1-43-37-47(66(5,6)7)29-34-58(43)73-62-53(32-33-54-52-25-16-17-26-60(52)74-64(54)62)55-41-51(71(50-24-20-23-46(38-50)65(2,3)4)49-30-27-45(28-31-49)44-21-14-13-15-22-44)42-59-61(55)70(73)57-40-48(67(8,9)10)39-56-63(57)72(59)69(12)36-19-18-35-68(56,69)11/h13-17,20-34,37-42H,18-19,35-36H2,1-12H3. The smallest absolute Gasteiger partial charge is 0.333 e. The molecule has 3 aliphatic heterocycles. The fourth-order valence-electron chi connectivity index (χ4n) is 13.8. The van der Waals surface area contributed by atoms with Gasteiger partial charge in [-0.1, -0.05) is 185 Å². The zero-order chi connectivity index (χ0) is 51.4. The highest BCUT2D eigenvalue weighted by atomic mass is 16.3. The minimum absolute atomic E-state index is 0.000204. The highest BCUT2D eigenvalue weighted by Gasteiger charge is 2.62. The molecule has 0 N–H and O–H groups in total. The lowest BCUT2D eigenvalue weighted by Crippen LogP contribution is -2.65. The van der Waals surface area contributed by atoms with Gasteiger partial charge in [-0.15, -0.1) is 0 Å². The summed E-state index contributed by atoms with van der Waals surface area (Å²) < 4.78 is 7.26. The van der Waals surface area contributed by atoms with E-state index >= 15 is 0 Å². The average molecular weight is 968 g/mol. The Balaban J connectivity index is 1.18. The van der Waals surface area contributed by atoms with E-state index in [-0.39, 0.29) is 34.0 Å². The van der Waals surface area contributed by atoms with Crippen molar-refractivity contribution in [3.8, 4) is 22.3 Å². The van der Waals surface area contributed by atoms with E-state index in [1.165, 1.54) is 90.9 Å². The minimum Gasteiger partial charge on any atom is -0.454 e. The number of hydrogen-bond acceptors (Lipinski definition) is 4. The highest BCUT2D eigenvalue weighted by molar-refractivity contribution is 6.94. The molecule has 0 spiro atoms. The van der Waals surface area contributed by atoms with Crippen molar-refractivity contribution in [2.75, 3.05) is 14.6 Å². The molecule has 4 aliphatic rings. The second-order valence-electron chi connectivity index (χ2n) is 25.8. The molecule has 2 unspecified atom stereocenters. The lowest BCUT2D eigenvalue weighted by Gasteiger charge is -2.53. The van der Waals surface area contributed by atoms with Crippen LogP contribution in [0.5, 0.6) is 0 Å². The molecule has 4 heterocycles. The molecule has 0 bridgehead atoms. The first-order chi connectivity index (χ1) is 35.2. The van der Waals surface area contributed by atoms with Crippen molar-refractivity contribution in [1.82, 2.24) is 0 Å². The number of nitrogens with zero attached hydrogens (tertiary/aromatic N) is 3. The van der Waals surface area contributed by atoms with Crippen LogP contribution in [0, 0.1) is 6.92 Å². The lowest BCUT2D eigenvalue weighted by molar-refractivity contribution is 0.195. The third-order valence-electron chi connectivity index (χ3n) is 18.1. The van der Waals surface area contributed by atoms with E-state index in [0.29, 0.717) is 0 Å². The summed E-state index contributed by atoms with van der Waals surface area (Å²) in [5.74, 6) is 0. The molecule has 370 valence electrons. The predicted octanol–water partition coefficient (Wildman–Crippen LogP) is 17.9. The van der Waals surface area contributed by atoms with Crippen LogP contribution in [-0.2, 0) is 21.7 Å². The first kappa shape index (κ1) is 46.8. The van der Waals surface area contributed by atoms with Crippen LogP contribution < -0.4 is 25.5 Å². The van der Waals surface area contributed by atoms with Crippen molar-refractivity contribution in [3.05, 3.63) is 186 Å². The summed E-state index contributed by atoms with van der Waals surface area (Å²) in [5.41, 5.74) is 24.5. The fraction of sp³-hybridized carbons (Fsp3) is 0.304. The zero-order valence-electron chi connectivity index (χ0n) is 45.7. The Morgan fingerprint density at radius 3 is 1.95 bits per heavy atom. The SMILES string of the molecule is Cc1cc(C(C)(C)C)ccc1N1B2c3cc(C(C)(C)C)cc4c3N(c3cc(N(c5ccc(-c6ccccc6)cc5)c5cccc(C(C)(C)C)c5)cc(c32)-c2ccc3c(oc5ccccc53)c21)C1(C)CCCCC41C. The second-order valence-corrected chi connectivity index (χ2v) is 25.8. The van der Waals surface area contributed by atoms with Crippen LogP contribution >= 0.6 is 0 Å². The number of furan rings is 1. The predicted molar refractivity (Wildman–Crippen MR) is 317 cm³/mol. The van der Waals surface area contributed by atoms with Gasteiger partial charge in [0.05, 0.1) is 11.2 Å². The first-order valence-electron chi connectivity index (χ1n) is 27.3. The molecule has 1 aliphatic carbocycles. The van der Waals surface area contributed by atoms with Crippen molar-refractivity contribution in [2.24, 2.45) is 0 Å². The molecule has 1 saturated carbocycles. The molecule has 1 fully saturated rings. The second kappa shape index (κ2) is 16.0. The van der Waals surface area contributed by atoms with E-state index in [2.05, 4.69) is 255 Å². The van der Waals surface area contributed by atoms with Crippen LogP contribution in [0.25, 0.3) is 44.2 Å². The summed E-state index contributed by atoms with van der Waals surface area (Å²) in [6.07, 6.45) is 4.72. The van der Waals surface area contributed by atoms with Gasteiger partial charge in [-0.2, -0.15) is 0 Å². The third-order valence-corrected chi connectivity index (χ3v) is 18.1. The van der Waals surface area contributed by atoms with Gasteiger partial charge < -0.3 is 19.0 Å². The largest absolute Gasteiger partial charge is 0.454 e. The Morgan fingerprint density at radius 2 is 1.22 bits per heavy atom. The Kier molecular flexibility index (Phi) is 10.1. The van der Waals surface area contributed by atoms with Gasteiger partial charge in [0.25, 0.3) is 0 Å². The van der Waals surface area contributed by atoms with Gasteiger partial charge in [0.2, 0.25) is 0 Å². The topological polar surface area (TPSA) is 22.9 Å². The summed E-state index contributed by atoms with van der Waals surface area (Å²) in [6, 6.07) is 60.3. The van der Waals surface area contributed by atoms with Gasteiger partial charge in [0.1, 0.15) is 5.58 Å². The third kappa shape index (κ3) is 6.80. The van der Waals surface area contributed by atoms with Crippen LogP contribution in [0.3, 0.4) is 0 Å². The quantitative estimate of drug-likeness (QED) is 0.160. The average Bonchev–Trinajstić information content (AvgIpc) is 3.93. The summed E-state index contributed by atoms with van der Waals surface area (Å²) in [5, 5.41) is 2.29. The van der Waals surface area contributed by atoms with Crippen molar-refractivity contribution in [2.45, 2.75) is 136 Å². The summed E-state index contributed by atoms with van der Waals surface area (Å²) in [6.45, 7) is 28.6. The maximum atomic E-state index is 7.26. The number of rotatable bonds is 5. The van der Waals surface area contributed by atoms with Gasteiger partial charge in [0, 0.05) is 55.9 Å². The van der Waals surface area contributed by atoms with E-state index in [1.807, 2.05) is 0 Å². The number of para-hydroxylation sites is 1. The van der Waals surface area contributed by atoms with Gasteiger partial charge in [-0.25, -0.2) is 0 Å². The molecule has 0 amide bonds. The van der Waals surface area contributed by atoms with Gasteiger partial charge in [-0.05, 0) is 153 Å². The van der Waals surface area contributed by atoms with Crippen molar-refractivity contribution in [3.63, 3.8) is 0 Å². The maximum Gasteiger partial charge on any atom is 0.333 e.